The Labute approximate surface area is 151 Å². The fourth-order valence-electron chi connectivity index (χ4n) is 2.15. The van der Waals surface area contributed by atoms with Crippen LogP contribution in [-0.4, -0.2) is 20.6 Å². The van der Waals surface area contributed by atoms with Crippen LogP contribution in [0.25, 0.3) is 11.4 Å². The van der Waals surface area contributed by atoms with Crippen LogP contribution in [0.1, 0.15) is 52.7 Å². The molecule has 2 aromatic rings. The Balaban J connectivity index is 0.00000242. The molecule has 1 heterocycles. The summed E-state index contributed by atoms with van der Waals surface area (Å²) in [7, 11) is 0. The minimum atomic E-state index is -0.117. The monoisotopic (exact) mass is 356 g/mol. The molecule has 1 aromatic carbocycles. The van der Waals surface area contributed by atoms with E-state index in [-0.39, 0.29) is 32.5 Å². The van der Waals surface area contributed by atoms with Gasteiger partial charge >= 0.3 is 0 Å². The molecule has 2 rings (SSSR count). The van der Waals surface area contributed by atoms with Crippen molar-refractivity contribution in [3.63, 3.8) is 0 Å². The van der Waals surface area contributed by atoms with Gasteiger partial charge in [0.25, 0.3) is 0 Å². The van der Waals surface area contributed by atoms with E-state index in [2.05, 4.69) is 68.2 Å². The van der Waals surface area contributed by atoms with Crippen molar-refractivity contribution >= 4 is 11.9 Å². The molecular formula is C15H21ClN4OTi. The average Bonchev–Trinajstić information content (AvgIpc) is 2.88. The smallest absolute Gasteiger partial charge is 0.183 e. The third-order valence-electron chi connectivity index (χ3n) is 3.44. The van der Waals surface area contributed by atoms with Crippen molar-refractivity contribution in [1.82, 2.24) is 20.6 Å². The minimum absolute atomic E-state index is 0. The molecule has 7 heteroatoms. The van der Waals surface area contributed by atoms with E-state index in [0.717, 1.165) is 11.1 Å². The van der Waals surface area contributed by atoms with Crippen LogP contribution >= 0.6 is 11.9 Å². The van der Waals surface area contributed by atoms with Gasteiger partial charge in [0.05, 0.1) is 5.56 Å². The number of nitrogens with zero attached hydrogens (tertiary/aromatic N) is 3. The number of hydrogen-bond acceptors (Lipinski definition) is 4. The van der Waals surface area contributed by atoms with Crippen molar-refractivity contribution in [2.45, 2.75) is 52.4 Å². The van der Waals surface area contributed by atoms with Crippen molar-refractivity contribution in [1.29, 1.82) is 0 Å². The largest absolute Gasteiger partial charge is 0.384 e. The van der Waals surface area contributed by atoms with E-state index in [0.29, 0.717) is 11.6 Å². The van der Waals surface area contributed by atoms with E-state index in [9.17, 15) is 0 Å². The maximum atomic E-state index is 5.74. The summed E-state index contributed by atoms with van der Waals surface area (Å²) in [4.78, 5) is 0. The zero-order chi connectivity index (χ0) is 15.8. The summed E-state index contributed by atoms with van der Waals surface area (Å²) in [6.07, 6.45) is 0. The average molecular weight is 357 g/mol. The number of hydrogen-bond donors (Lipinski definition) is 1. The van der Waals surface area contributed by atoms with Crippen LogP contribution in [0, 0.1) is 0 Å². The van der Waals surface area contributed by atoms with Crippen LogP contribution in [0.5, 0.6) is 5.75 Å². The standard InChI is InChI=1S/C15H21ClN4O.Ti/c1-14(2,3)9-7-10(13-17-19-20-18-13)12(21-16)11(8-9)15(4,5)6;/h7-8H,1-6H3,(H,17,18,19,20);. The number of halogens is 1. The Bertz CT molecular complexity index is 630. The summed E-state index contributed by atoms with van der Waals surface area (Å²) < 4.78 is 5.15. The van der Waals surface area contributed by atoms with Crippen molar-refractivity contribution in [3.8, 4) is 17.1 Å². The van der Waals surface area contributed by atoms with Crippen LogP contribution < -0.4 is 4.29 Å². The fraction of sp³-hybridized carbons (Fsp3) is 0.533. The first-order valence-electron chi connectivity index (χ1n) is 6.86. The molecule has 0 aliphatic heterocycles. The van der Waals surface area contributed by atoms with Gasteiger partial charge in [0.15, 0.2) is 11.6 Å². The molecule has 0 amide bonds. The van der Waals surface area contributed by atoms with Crippen LogP contribution in [0.2, 0.25) is 0 Å². The van der Waals surface area contributed by atoms with Crippen LogP contribution in [-0.2, 0) is 32.5 Å². The van der Waals surface area contributed by atoms with E-state index in [4.69, 9.17) is 16.2 Å². The minimum Gasteiger partial charge on any atom is -0.384 e. The van der Waals surface area contributed by atoms with E-state index in [1.54, 1.807) is 0 Å². The van der Waals surface area contributed by atoms with Gasteiger partial charge in [0.1, 0.15) is 11.9 Å². The maximum absolute atomic E-state index is 5.74. The van der Waals surface area contributed by atoms with Crippen molar-refractivity contribution in [3.05, 3.63) is 23.3 Å². The van der Waals surface area contributed by atoms with Gasteiger partial charge in [0.2, 0.25) is 0 Å². The molecule has 1 N–H and O–H groups in total. The normalized spacial score (nSPS) is 12.0. The zero-order valence-corrected chi connectivity index (χ0v) is 16.1. The summed E-state index contributed by atoms with van der Waals surface area (Å²) in [5.74, 6) is 1.14. The van der Waals surface area contributed by atoms with E-state index in [1.807, 2.05) is 6.07 Å². The number of aromatic nitrogens is 4. The Morgan fingerprint density at radius 3 is 2.09 bits per heavy atom. The maximum Gasteiger partial charge on any atom is 0.183 e. The zero-order valence-electron chi connectivity index (χ0n) is 13.8. The summed E-state index contributed by atoms with van der Waals surface area (Å²) >= 11 is 5.74. The number of aromatic amines is 1. The Hall–Kier alpha value is -0.906. The molecule has 0 atom stereocenters. The summed E-state index contributed by atoms with van der Waals surface area (Å²) in [5.41, 5.74) is 2.85. The first kappa shape index (κ1) is 19.1. The predicted octanol–water partition coefficient (Wildman–Crippen LogP) is 3.99. The number of rotatable bonds is 2. The van der Waals surface area contributed by atoms with E-state index in [1.165, 1.54) is 5.56 Å². The molecule has 0 radical (unpaired) electrons. The van der Waals surface area contributed by atoms with Gasteiger partial charge in [-0.2, -0.15) is 0 Å². The second-order valence-corrected chi connectivity index (χ2v) is 7.38. The molecule has 0 aliphatic carbocycles. The number of benzene rings is 1. The topological polar surface area (TPSA) is 63.7 Å². The van der Waals surface area contributed by atoms with Gasteiger partial charge in [-0.05, 0) is 32.9 Å². The third-order valence-corrected chi connectivity index (χ3v) is 3.59. The van der Waals surface area contributed by atoms with E-state index < -0.39 is 0 Å². The Morgan fingerprint density at radius 1 is 1.05 bits per heavy atom. The molecule has 0 saturated carbocycles. The molecule has 0 spiro atoms. The first-order chi connectivity index (χ1) is 9.64. The molecule has 0 bridgehead atoms. The third kappa shape index (κ3) is 3.89. The van der Waals surface area contributed by atoms with Crippen molar-refractivity contribution in [2.24, 2.45) is 0 Å². The first-order valence-corrected chi connectivity index (χ1v) is 7.17. The van der Waals surface area contributed by atoms with Crippen LogP contribution in [0.3, 0.4) is 0 Å². The molecule has 1 aromatic heterocycles. The Kier molecular flexibility index (Phi) is 5.82. The molecule has 0 aliphatic rings. The molecule has 118 valence electrons. The van der Waals surface area contributed by atoms with Gasteiger partial charge in [-0.3, -0.25) is 0 Å². The van der Waals surface area contributed by atoms with E-state index >= 15 is 0 Å². The van der Waals surface area contributed by atoms with Gasteiger partial charge in [-0.15, -0.1) is 5.10 Å². The van der Waals surface area contributed by atoms with Crippen molar-refractivity contribution in [2.75, 3.05) is 0 Å². The summed E-state index contributed by atoms with van der Waals surface area (Å²) in [6, 6.07) is 4.17. The molecule has 22 heavy (non-hydrogen) atoms. The van der Waals surface area contributed by atoms with Crippen LogP contribution in [0.15, 0.2) is 12.1 Å². The van der Waals surface area contributed by atoms with Gasteiger partial charge in [-0.25, -0.2) is 5.10 Å². The molecule has 5 nitrogen and oxygen atoms in total. The number of H-pyrrole nitrogens is 1. The van der Waals surface area contributed by atoms with Gasteiger partial charge in [0, 0.05) is 27.3 Å². The number of nitrogens with one attached hydrogen (secondary N) is 1. The number of tetrazole rings is 1. The predicted molar refractivity (Wildman–Crippen MR) is 83.5 cm³/mol. The second-order valence-electron chi connectivity index (χ2n) is 7.23. The van der Waals surface area contributed by atoms with Gasteiger partial charge < -0.3 is 4.29 Å². The van der Waals surface area contributed by atoms with Crippen molar-refractivity contribution < 1.29 is 26.0 Å². The molecule has 0 unspecified atom stereocenters. The molecule has 0 saturated heterocycles. The second kappa shape index (κ2) is 6.69. The Morgan fingerprint density at radius 2 is 1.68 bits per heavy atom. The SMILES string of the molecule is CC(C)(C)c1cc(-c2nnn[nH]2)c(OCl)c(C(C)(C)C)c1.[Ti]. The quantitative estimate of drug-likeness (QED) is 0.826. The van der Waals surface area contributed by atoms with Crippen LogP contribution in [0.4, 0.5) is 0 Å². The summed E-state index contributed by atoms with van der Waals surface area (Å²) in [5, 5.41) is 14.0. The molecule has 0 fully saturated rings. The van der Waals surface area contributed by atoms with Gasteiger partial charge in [-0.1, -0.05) is 47.6 Å². The fourth-order valence-corrected chi connectivity index (χ4v) is 2.32. The summed E-state index contributed by atoms with van der Waals surface area (Å²) in [6.45, 7) is 12.9. The molecular weight excluding hydrogens is 336 g/mol.